The molecule has 8 heteroatoms. The quantitative estimate of drug-likeness (QED) is 0.446. The molecule has 0 rings (SSSR count). The van der Waals surface area contributed by atoms with Crippen molar-refractivity contribution in [3.8, 4) is 0 Å². The van der Waals surface area contributed by atoms with E-state index in [1.165, 1.54) is 0 Å². The van der Waals surface area contributed by atoms with Crippen molar-refractivity contribution < 1.29 is 32.2 Å². The molecule has 0 bridgehead atoms. The fraction of sp³-hybridized carbons (Fsp3) is 1.00. The summed E-state index contributed by atoms with van der Waals surface area (Å²) in [6, 6.07) is 0. The SMILES string of the molecule is COCC[N+](C)(C)CC[N+](C)(C)CCOP(=O)(O)OC. The lowest BCUT2D eigenvalue weighted by Crippen LogP contribution is -2.52. The van der Waals surface area contributed by atoms with Gasteiger partial charge in [0.15, 0.2) is 0 Å². The second kappa shape index (κ2) is 8.44. The number of nitrogens with zero attached hydrogens (tertiary/aromatic N) is 2. The average molecular weight is 314 g/mol. The van der Waals surface area contributed by atoms with Crippen molar-refractivity contribution in [2.45, 2.75) is 0 Å². The van der Waals surface area contributed by atoms with Gasteiger partial charge in [0.25, 0.3) is 0 Å². The molecular weight excluding hydrogens is 283 g/mol. The highest BCUT2D eigenvalue weighted by atomic mass is 31.2. The fourth-order valence-electron chi connectivity index (χ4n) is 1.56. The minimum absolute atomic E-state index is 0.195. The number of phosphoric ester groups is 1. The van der Waals surface area contributed by atoms with Crippen molar-refractivity contribution in [1.29, 1.82) is 0 Å². The van der Waals surface area contributed by atoms with Gasteiger partial charge in [0, 0.05) is 14.2 Å². The molecule has 1 unspecified atom stereocenters. The maximum absolute atomic E-state index is 11.2. The van der Waals surface area contributed by atoms with E-state index in [4.69, 9.17) is 14.2 Å². The van der Waals surface area contributed by atoms with Crippen LogP contribution in [0.4, 0.5) is 0 Å². The molecule has 0 aliphatic rings. The van der Waals surface area contributed by atoms with E-state index in [0.717, 1.165) is 42.3 Å². The Morgan fingerprint density at radius 1 is 0.900 bits per heavy atom. The topological polar surface area (TPSA) is 65.0 Å². The zero-order valence-electron chi connectivity index (χ0n) is 13.7. The van der Waals surface area contributed by atoms with Crippen molar-refractivity contribution in [2.75, 3.05) is 81.8 Å². The lowest BCUT2D eigenvalue weighted by molar-refractivity contribution is -0.945. The van der Waals surface area contributed by atoms with Crippen LogP contribution in [-0.2, 0) is 18.3 Å². The Balaban J connectivity index is 4.09. The molecule has 0 aliphatic heterocycles. The average Bonchev–Trinajstić information content (AvgIpc) is 2.34. The Morgan fingerprint density at radius 2 is 1.35 bits per heavy atom. The molecule has 1 N–H and O–H groups in total. The van der Waals surface area contributed by atoms with Gasteiger partial charge >= 0.3 is 7.82 Å². The second-order valence-electron chi connectivity index (χ2n) is 6.24. The summed E-state index contributed by atoms with van der Waals surface area (Å²) in [6.45, 7) is 4.49. The van der Waals surface area contributed by atoms with Crippen molar-refractivity contribution in [3.05, 3.63) is 0 Å². The molecular formula is C12H31N2O5P+2. The maximum atomic E-state index is 11.2. The lowest BCUT2D eigenvalue weighted by atomic mass is 10.3. The lowest BCUT2D eigenvalue weighted by Gasteiger charge is -2.35. The van der Waals surface area contributed by atoms with Gasteiger partial charge in [0.1, 0.15) is 32.8 Å². The Hall–Kier alpha value is -0.0100. The van der Waals surface area contributed by atoms with Gasteiger partial charge in [-0.15, -0.1) is 0 Å². The van der Waals surface area contributed by atoms with Crippen LogP contribution in [0.5, 0.6) is 0 Å². The summed E-state index contributed by atoms with van der Waals surface area (Å²) < 4.78 is 27.1. The van der Waals surface area contributed by atoms with Crippen LogP contribution in [0.2, 0.25) is 0 Å². The Kier molecular flexibility index (Phi) is 8.43. The summed E-state index contributed by atoms with van der Waals surface area (Å²) in [7, 11) is 7.51. The third kappa shape index (κ3) is 9.83. The molecule has 0 fully saturated rings. The van der Waals surface area contributed by atoms with Gasteiger partial charge in [-0.2, -0.15) is 0 Å². The predicted molar refractivity (Wildman–Crippen MR) is 78.3 cm³/mol. The van der Waals surface area contributed by atoms with Gasteiger partial charge in [-0.05, 0) is 0 Å². The third-order valence-electron chi connectivity index (χ3n) is 3.39. The highest BCUT2D eigenvalue weighted by Crippen LogP contribution is 2.41. The second-order valence-corrected chi connectivity index (χ2v) is 7.80. The van der Waals surface area contributed by atoms with Gasteiger partial charge in [0.05, 0.1) is 34.8 Å². The van der Waals surface area contributed by atoms with E-state index in [9.17, 15) is 4.57 Å². The summed E-state index contributed by atoms with van der Waals surface area (Å²) in [5, 5.41) is 0. The molecule has 7 nitrogen and oxygen atoms in total. The van der Waals surface area contributed by atoms with Gasteiger partial charge < -0.3 is 18.6 Å². The minimum Gasteiger partial charge on any atom is -0.379 e. The van der Waals surface area contributed by atoms with Crippen LogP contribution in [0.25, 0.3) is 0 Å². The molecule has 0 aromatic carbocycles. The first-order valence-corrected chi connectivity index (χ1v) is 8.19. The molecule has 0 radical (unpaired) electrons. The summed E-state index contributed by atoms with van der Waals surface area (Å²) in [5.74, 6) is 0. The Bertz CT molecular complexity index is 323. The molecule has 0 spiro atoms. The first kappa shape index (κ1) is 20.0. The van der Waals surface area contributed by atoms with E-state index in [1.54, 1.807) is 7.11 Å². The number of ether oxygens (including phenoxy) is 1. The number of methoxy groups -OCH3 is 1. The van der Waals surface area contributed by atoms with Crippen LogP contribution >= 0.6 is 7.82 Å². The molecule has 0 aromatic heterocycles. The third-order valence-corrected chi connectivity index (χ3v) is 4.36. The molecule has 0 saturated heterocycles. The first-order chi connectivity index (χ1) is 9.04. The summed E-state index contributed by atoms with van der Waals surface area (Å²) >= 11 is 0. The zero-order valence-corrected chi connectivity index (χ0v) is 14.6. The smallest absolute Gasteiger partial charge is 0.379 e. The van der Waals surface area contributed by atoms with Crippen LogP contribution in [0.1, 0.15) is 0 Å². The van der Waals surface area contributed by atoms with Gasteiger partial charge in [-0.25, -0.2) is 4.57 Å². The van der Waals surface area contributed by atoms with E-state index in [-0.39, 0.29) is 6.61 Å². The van der Waals surface area contributed by atoms with Crippen molar-refractivity contribution >= 4 is 7.82 Å². The fourth-order valence-corrected chi connectivity index (χ4v) is 1.98. The molecule has 0 amide bonds. The highest BCUT2D eigenvalue weighted by molar-refractivity contribution is 7.47. The van der Waals surface area contributed by atoms with E-state index in [1.807, 2.05) is 0 Å². The number of hydrogen-bond acceptors (Lipinski definition) is 4. The van der Waals surface area contributed by atoms with Crippen molar-refractivity contribution in [1.82, 2.24) is 0 Å². The molecule has 0 heterocycles. The van der Waals surface area contributed by atoms with Crippen molar-refractivity contribution in [2.24, 2.45) is 0 Å². The van der Waals surface area contributed by atoms with Crippen LogP contribution in [0, 0.1) is 0 Å². The maximum Gasteiger partial charge on any atom is 0.472 e. The normalized spacial score (nSPS) is 16.1. The van der Waals surface area contributed by atoms with E-state index in [2.05, 4.69) is 32.7 Å². The van der Waals surface area contributed by atoms with Crippen LogP contribution in [0.15, 0.2) is 0 Å². The first-order valence-electron chi connectivity index (χ1n) is 6.70. The molecule has 0 aromatic rings. The van der Waals surface area contributed by atoms with Crippen LogP contribution in [0.3, 0.4) is 0 Å². The number of quaternary nitrogens is 2. The number of phosphoric acid groups is 1. The molecule has 1 atom stereocenters. The Labute approximate surface area is 122 Å². The molecule has 0 aliphatic carbocycles. The predicted octanol–water partition coefficient (Wildman–Crippen LogP) is 0.549. The van der Waals surface area contributed by atoms with E-state index >= 15 is 0 Å². The summed E-state index contributed by atoms with van der Waals surface area (Å²) in [5.41, 5.74) is 0. The van der Waals surface area contributed by atoms with Crippen LogP contribution in [-0.4, -0.2) is 95.7 Å². The molecule has 122 valence electrons. The minimum atomic E-state index is -3.86. The number of likely N-dealkylation sites (N-methyl/N-ethyl adjacent to an activating group) is 2. The van der Waals surface area contributed by atoms with E-state index in [0.29, 0.717) is 6.54 Å². The summed E-state index contributed by atoms with van der Waals surface area (Å²) in [4.78, 5) is 9.16. The largest absolute Gasteiger partial charge is 0.472 e. The monoisotopic (exact) mass is 314 g/mol. The molecule has 0 saturated carbocycles. The van der Waals surface area contributed by atoms with Crippen LogP contribution < -0.4 is 0 Å². The molecule has 20 heavy (non-hydrogen) atoms. The highest BCUT2D eigenvalue weighted by Gasteiger charge is 2.25. The van der Waals surface area contributed by atoms with E-state index < -0.39 is 7.82 Å². The van der Waals surface area contributed by atoms with Gasteiger partial charge in [-0.1, -0.05) is 0 Å². The summed E-state index contributed by atoms with van der Waals surface area (Å²) in [6.07, 6.45) is 0. The standard InChI is InChI=1S/C12H30N2O5P/c1-13(2,9-11-17-5)7-8-14(3,4)10-12-19-20(15,16)18-6/h7-12H2,1-6H3/q+1/p+1. The Morgan fingerprint density at radius 3 is 1.75 bits per heavy atom. The zero-order chi connectivity index (χ0) is 15.9. The number of rotatable bonds is 11. The van der Waals surface area contributed by atoms with Gasteiger partial charge in [-0.3, -0.25) is 9.05 Å². The van der Waals surface area contributed by atoms with Gasteiger partial charge in [0.2, 0.25) is 0 Å². The van der Waals surface area contributed by atoms with Crippen molar-refractivity contribution in [3.63, 3.8) is 0 Å². The number of hydrogen-bond donors (Lipinski definition) is 1.